The third-order valence-electron chi connectivity index (χ3n) is 3.87. The number of benzene rings is 2. The van der Waals surface area contributed by atoms with Crippen LogP contribution >= 0.6 is 0 Å². The number of carboxylic acid groups (broad SMARTS) is 1. The Hall–Kier alpha value is -2.40. The second kappa shape index (κ2) is 9.18. The van der Waals surface area contributed by atoms with Crippen LogP contribution in [0.5, 0.6) is 5.75 Å². The monoisotopic (exact) mass is 346 g/mol. The Balaban J connectivity index is 2.51. The second-order valence-corrected chi connectivity index (χ2v) is 5.74. The van der Waals surface area contributed by atoms with Gasteiger partial charge in [0.1, 0.15) is 11.6 Å². The first-order valence-corrected chi connectivity index (χ1v) is 8.35. The van der Waals surface area contributed by atoms with E-state index in [9.17, 15) is 14.3 Å². The zero-order valence-electron chi connectivity index (χ0n) is 14.5. The average molecular weight is 346 g/mol. The Morgan fingerprint density at radius 3 is 2.56 bits per heavy atom. The molecule has 25 heavy (non-hydrogen) atoms. The van der Waals surface area contributed by atoms with Gasteiger partial charge in [0.05, 0.1) is 12.2 Å². The molecule has 0 saturated carbocycles. The third-order valence-corrected chi connectivity index (χ3v) is 3.87. The first kappa shape index (κ1) is 18.9. The molecule has 0 bridgehead atoms. The van der Waals surface area contributed by atoms with Crippen LogP contribution in [-0.2, 0) is 11.2 Å². The minimum Gasteiger partial charge on any atom is -0.493 e. The fraction of sp³-hybridized carbons (Fsp3) is 0.350. The largest absolute Gasteiger partial charge is 0.493 e. The predicted molar refractivity (Wildman–Crippen MR) is 94.8 cm³/mol. The van der Waals surface area contributed by atoms with Crippen molar-refractivity contribution < 1.29 is 23.8 Å². The summed E-state index contributed by atoms with van der Waals surface area (Å²) in [4.78, 5) is 11.6. The summed E-state index contributed by atoms with van der Waals surface area (Å²) < 4.78 is 25.0. The number of halogens is 1. The highest BCUT2D eigenvalue weighted by molar-refractivity contribution is 5.92. The van der Waals surface area contributed by atoms with Gasteiger partial charge in [0, 0.05) is 31.3 Å². The van der Waals surface area contributed by atoms with Crippen molar-refractivity contribution in [1.82, 2.24) is 0 Å². The van der Waals surface area contributed by atoms with E-state index in [0.717, 1.165) is 6.42 Å². The lowest BCUT2D eigenvalue weighted by Crippen LogP contribution is -2.07. The zero-order valence-corrected chi connectivity index (χ0v) is 14.5. The summed E-state index contributed by atoms with van der Waals surface area (Å²) in [6.45, 7) is 2.87. The Labute approximate surface area is 147 Å². The van der Waals surface area contributed by atoms with Crippen molar-refractivity contribution in [1.29, 1.82) is 0 Å². The van der Waals surface area contributed by atoms with E-state index in [-0.39, 0.29) is 11.4 Å². The van der Waals surface area contributed by atoms with Gasteiger partial charge in [0.2, 0.25) is 0 Å². The molecule has 2 rings (SSSR count). The van der Waals surface area contributed by atoms with Crippen molar-refractivity contribution in [3.05, 3.63) is 53.3 Å². The molecule has 5 heteroatoms. The van der Waals surface area contributed by atoms with Crippen LogP contribution in [0.25, 0.3) is 11.1 Å². The molecule has 134 valence electrons. The van der Waals surface area contributed by atoms with E-state index in [4.69, 9.17) is 9.47 Å². The molecular weight excluding hydrogens is 323 g/mol. The minimum atomic E-state index is -1.01. The number of aromatic carboxylic acids is 1. The summed E-state index contributed by atoms with van der Waals surface area (Å²) in [7, 11) is 1.60. The fourth-order valence-corrected chi connectivity index (χ4v) is 2.69. The van der Waals surface area contributed by atoms with Crippen molar-refractivity contribution in [2.45, 2.75) is 26.2 Å². The van der Waals surface area contributed by atoms with Crippen molar-refractivity contribution in [2.75, 3.05) is 20.3 Å². The van der Waals surface area contributed by atoms with Crippen molar-refractivity contribution in [3.8, 4) is 16.9 Å². The topological polar surface area (TPSA) is 55.8 Å². The summed E-state index contributed by atoms with van der Waals surface area (Å²) in [5, 5.41) is 9.49. The molecule has 1 N–H and O–H groups in total. The Morgan fingerprint density at radius 2 is 1.92 bits per heavy atom. The van der Waals surface area contributed by atoms with Crippen LogP contribution in [0.1, 0.15) is 35.7 Å². The number of carbonyl (C=O) groups is 1. The lowest BCUT2D eigenvalue weighted by molar-refractivity contribution is 0.0695. The average Bonchev–Trinajstić information content (AvgIpc) is 2.60. The van der Waals surface area contributed by atoms with Crippen molar-refractivity contribution in [2.24, 2.45) is 0 Å². The van der Waals surface area contributed by atoms with Gasteiger partial charge in [0.25, 0.3) is 0 Å². The van der Waals surface area contributed by atoms with Gasteiger partial charge in [0.15, 0.2) is 0 Å². The molecule has 2 aromatic carbocycles. The van der Waals surface area contributed by atoms with Gasteiger partial charge < -0.3 is 14.6 Å². The Kier molecular flexibility index (Phi) is 6.95. The molecule has 0 amide bonds. The zero-order chi connectivity index (χ0) is 18.2. The van der Waals surface area contributed by atoms with E-state index >= 15 is 0 Å². The van der Waals surface area contributed by atoms with E-state index < -0.39 is 5.97 Å². The van der Waals surface area contributed by atoms with Gasteiger partial charge in [-0.05, 0) is 30.2 Å². The fourth-order valence-electron chi connectivity index (χ4n) is 2.69. The predicted octanol–water partition coefficient (Wildman–Crippen LogP) is 4.56. The quantitative estimate of drug-likeness (QED) is 0.676. The van der Waals surface area contributed by atoms with Gasteiger partial charge in [-0.25, -0.2) is 9.18 Å². The maximum Gasteiger partial charge on any atom is 0.336 e. The molecule has 0 saturated heterocycles. The van der Waals surface area contributed by atoms with E-state index in [1.807, 2.05) is 6.92 Å². The number of rotatable bonds is 9. The standard InChI is InChI=1S/C20H23FO4/c1-3-7-14-12-17(15-8-4-5-9-18(15)21)19(13-16(14)20(22)23)25-11-6-10-24-2/h4-5,8-9,12-13H,3,6-7,10-11H2,1-2H3,(H,22,23). The molecule has 0 aliphatic heterocycles. The maximum atomic E-state index is 14.3. The van der Waals surface area contributed by atoms with Gasteiger partial charge in [-0.2, -0.15) is 0 Å². The molecule has 0 heterocycles. The molecule has 0 aliphatic carbocycles. The number of hydrogen-bond acceptors (Lipinski definition) is 3. The van der Waals surface area contributed by atoms with Crippen molar-refractivity contribution >= 4 is 5.97 Å². The molecular formula is C20H23FO4. The van der Waals surface area contributed by atoms with E-state index in [2.05, 4.69) is 0 Å². The molecule has 0 fully saturated rings. The van der Waals surface area contributed by atoms with Crippen LogP contribution in [-0.4, -0.2) is 31.4 Å². The number of aryl methyl sites for hydroxylation is 1. The molecule has 0 unspecified atom stereocenters. The molecule has 2 aromatic rings. The van der Waals surface area contributed by atoms with E-state index in [1.54, 1.807) is 31.4 Å². The third kappa shape index (κ3) is 4.79. The maximum absolute atomic E-state index is 14.3. The molecule has 0 atom stereocenters. The number of methoxy groups -OCH3 is 1. The van der Waals surface area contributed by atoms with Crippen LogP contribution in [0.2, 0.25) is 0 Å². The second-order valence-electron chi connectivity index (χ2n) is 5.74. The highest BCUT2D eigenvalue weighted by Crippen LogP contribution is 2.35. The Morgan fingerprint density at radius 1 is 1.16 bits per heavy atom. The Bertz CT molecular complexity index is 728. The van der Waals surface area contributed by atoms with Crippen molar-refractivity contribution in [3.63, 3.8) is 0 Å². The summed E-state index contributed by atoms with van der Waals surface area (Å²) in [6, 6.07) is 9.66. The van der Waals surface area contributed by atoms with Crippen LogP contribution in [0, 0.1) is 5.82 Å². The summed E-state index contributed by atoms with van der Waals surface area (Å²) >= 11 is 0. The van der Waals surface area contributed by atoms with Gasteiger partial charge in [-0.1, -0.05) is 31.5 Å². The lowest BCUT2D eigenvalue weighted by atomic mass is 9.95. The summed E-state index contributed by atoms with van der Waals surface area (Å²) in [5.74, 6) is -1.00. The number of carboxylic acids is 1. The van der Waals surface area contributed by atoms with Gasteiger partial charge >= 0.3 is 5.97 Å². The number of hydrogen-bond donors (Lipinski definition) is 1. The van der Waals surface area contributed by atoms with E-state index in [0.29, 0.717) is 48.5 Å². The lowest BCUT2D eigenvalue weighted by Gasteiger charge is -2.16. The minimum absolute atomic E-state index is 0.198. The van der Waals surface area contributed by atoms with Crippen LogP contribution < -0.4 is 4.74 Å². The molecule has 0 aromatic heterocycles. The molecule has 0 aliphatic rings. The first-order valence-electron chi connectivity index (χ1n) is 8.35. The molecule has 0 spiro atoms. The normalized spacial score (nSPS) is 10.7. The van der Waals surface area contributed by atoms with Gasteiger partial charge in [-0.15, -0.1) is 0 Å². The highest BCUT2D eigenvalue weighted by Gasteiger charge is 2.18. The van der Waals surface area contributed by atoms with Gasteiger partial charge in [-0.3, -0.25) is 0 Å². The van der Waals surface area contributed by atoms with E-state index in [1.165, 1.54) is 12.1 Å². The highest BCUT2D eigenvalue weighted by atomic mass is 19.1. The first-order chi connectivity index (χ1) is 12.1. The van der Waals surface area contributed by atoms with Crippen LogP contribution in [0.4, 0.5) is 4.39 Å². The van der Waals surface area contributed by atoms with Crippen LogP contribution in [0.3, 0.4) is 0 Å². The SMILES string of the molecule is CCCc1cc(-c2ccccc2F)c(OCCCOC)cc1C(=O)O. The van der Waals surface area contributed by atoms with Crippen LogP contribution in [0.15, 0.2) is 36.4 Å². The molecule has 0 radical (unpaired) electrons. The smallest absolute Gasteiger partial charge is 0.336 e. The number of ether oxygens (including phenoxy) is 2. The summed E-state index contributed by atoms with van der Waals surface area (Å²) in [5.41, 5.74) is 1.85. The molecule has 4 nitrogen and oxygen atoms in total. The summed E-state index contributed by atoms with van der Waals surface area (Å²) in [6.07, 6.45) is 2.06.